The van der Waals surface area contributed by atoms with E-state index in [2.05, 4.69) is 11.2 Å². The summed E-state index contributed by atoms with van der Waals surface area (Å²) in [4.78, 5) is 0. The Labute approximate surface area is 115 Å². The lowest BCUT2D eigenvalue weighted by Crippen LogP contribution is -2.34. The number of nitrogens with one attached hydrogen (secondary N) is 1. The first kappa shape index (κ1) is 14.0. The molecule has 0 radical (unpaired) electrons. The van der Waals surface area contributed by atoms with Crippen LogP contribution in [0.4, 0.5) is 5.69 Å². The van der Waals surface area contributed by atoms with Gasteiger partial charge in [0.05, 0.1) is 5.25 Å². The van der Waals surface area contributed by atoms with Crippen molar-refractivity contribution in [1.29, 1.82) is 0 Å². The molecule has 102 valence electrons. The van der Waals surface area contributed by atoms with Gasteiger partial charge in [-0.2, -0.15) is 0 Å². The highest BCUT2D eigenvalue weighted by Gasteiger charge is 2.28. The number of rotatable bonds is 3. The van der Waals surface area contributed by atoms with Crippen molar-refractivity contribution in [3.8, 4) is 12.3 Å². The van der Waals surface area contributed by atoms with Crippen molar-refractivity contribution in [3.63, 3.8) is 0 Å². The SMILES string of the molecule is C#Cc1cccc(NC2CCCC(S(C)(=O)=O)C2)c1. The molecule has 3 nitrogen and oxygen atoms in total. The van der Waals surface area contributed by atoms with Gasteiger partial charge in [-0.15, -0.1) is 6.42 Å². The summed E-state index contributed by atoms with van der Waals surface area (Å²) in [6, 6.07) is 7.89. The summed E-state index contributed by atoms with van der Waals surface area (Å²) in [5, 5.41) is 3.18. The van der Waals surface area contributed by atoms with Gasteiger partial charge < -0.3 is 5.32 Å². The lowest BCUT2D eigenvalue weighted by atomic mass is 9.94. The van der Waals surface area contributed by atoms with Crippen molar-refractivity contribution in [2.75, 3.05) is 11.6 Å². The Bertz CT molecular complexity index is 586. The summed E-state index contributed by atoms with van der Waals surface area (Å²) in [7, 11) is -2.94. The molecule has 0 amide bonds. The molecule has 0 spiro atoms. The zero-order valence-corrected chi connectivity index (χ0v) is 11.9. The Hall–Kier alpha value is -1.47. The van der Waals surface area contributed by atoms with E-state index < -0.39 is 9.84 Å². The predicted octanol–water partition coefficient (Wildman–Crippen LogP) is 2.44. The summed E-state index contributed by atoms with van der Waals surface area (Å²) >= 11 is 0. The van der Waals surface area contributed by atoms with Gasteiger partial charge in [0.15, 0.2) is 0 Å². The molecule has 1 aromatic rings. The first-order chi connectivity index (χ1) is 8.99. The molecule has 4 heteroatoms. The minimum Gasteiger partial charge on any atom is -0.382 e. The molecule has 1 saturated carbocycles. The maximum atomic E-state index is 11.6. The highest BCUT2D eigenvalue weighted by molar-refractivity contribution is 7.91. The number of hydrogen-bond donors (Lipinski definition) is 1. The molecule has 0 aliphatic heterocycles. The highest BCUT2D eigenvalue weighted by atomic mass is 32.2. The first-order valence-electron chi connectivity index (χ1n) is 6.51. The van der Waals surface area contributed by atoms with Crippen molar-refractivity contribution < 1.29 is 8.42 Å². The average molecular weight is 277 g/mol. The van der Waals surface area contributed by atoms with Crippen LogP contribution < -0.4 is 5.32 Å². The molecule has 0 aromatic heterocycles. The van der Waals surface area contributed by atoms with Crippen molar-refractivity contribution in [2.24, 2.45) is 0 Å². The van der Waals surface area contributed by atoms with Crippen LogP contribution in [-0.4, -0.2) is 26.0 Å². The van der Waals surface area contributed by atoms with Crippen LogP contribution in [0.25, 0.3) is 0 Å². The maximum absolute atomic E-state index is 11.6. The molecule has 2 rings (SSSR count). The predicted molar refractivity (Wildman–Crippen MR) is 78.9 cm³/mol. The van der Waals surface area contributed by atoms with E-state index in [9.17, 15) is 8.42 Å². The molecule has 0 saturated heterocycles. The summed E-state index contributed by atoms with van der Waals surface area (Å²) in [6.45, 7) is 0. The molecular formula is C15H19NO2S. The van der Waals surface area contributed by atoms with E-state index in [1.54, 1.807) is 0 Å². The minimum atomic E-state index is -2.94. The Morgan fingerprint density at radius 2 is 2.16 bits per heavy atom. The normalized spacial score (nSPS) is 23.6. The van der Waals surface area contributed by atoms with E-state index in [0.29, 0.717) is 6.42 Å². The number of terminal acetylenes is 1. The Kier molecular flexibility index (Phi) is 4.16. The van der Waals surface area contributed by atoms with Crippen LogP contribution >= 0.6 is 0 Å². The standard InChI is InChI=1S/C15H19NO2S/c1-3-12-6-4-7-13(10-12)16-14-8-5-9-15(11-14)19(2,17)18/h1,4,6-7,10,14-16H,5,8-9,11H2,2H3. The second kappa shape index (κ2) is 5.66. The fourth-order valence-electron chi connectivity index (χ4n) is 2.60. The van der Waals surface area contributed by atoms with E-state index in [1.807, 2.05) is 24.3 Å². The van der Waals surface area contributed by atoms with Gasteiger partial charge in [-0.3, -0.25) is 0 Å². The Morgan fingerprint density at radius 1 is 1.37 bits per heavy atom. The van der Waals surface area contributed by atoms with E-state index in [-0.39, 0.29) is 11.3 Å². The van der Waals surface area contributed by atoms with E-state index in [0.717, 1.165) is 30.5 Å². The molecule has 0 heterocycles. The molecule has 1 N–H and O–H groups in total. The van der Waals surface area contributed by atoms with Gasteiger partial charge in [0.2, 0.25) is 0 Å². The van der Waals surface area contributed by atoms with Crippen LogP contribution in [0.5, 0.6) is 0 Å². The Morgan fingerprint density at radius 3 is 2.84 bits per heavy atom. The number of benzene rings is 1. The maximum Gasteiger partial charge on any atom is 0.150 e. The second-order valence-corrected chi connectivity index (χ2v) is 7.51. The topological polar surface area (TPSA) is 46.2 Å². The smallest absolute Gasteiger partial charge is 0.150 e. The third-order valence-electron chi connectivity index (χ3n) is 3.63. The lowest BCUT2D eigenvalue weighted by molar-refractivity contribution is 0.453. The molecule has 1 fully saturated rings. The van der Waals surface area contributed by atoms with Gasteiger partial charge in [-0.05, 0) is 37.5 Å². The van der Waals surface area contributed by atoms with Crippen molar-refractivity contribution >= 4 is 15.5 Å². The minimum absolute atomic E-state index is 0.210. The fraction of sp³-hybridized carbons (Fsp3) is 0.467. The quantitative estimate of drug-likeness (QED) is 0.863. The first-order valence-corrected chi connectivity index (χ1v) is 8.46. The largest absolute Gasteiger partial charge is 0.382 e. The van der Waals surface area contributed by atoms with Gasteiger partial charge in [-0.25, -0.2) is 8.42 Å². The number of anilines is 1. The van der Waals surface area contributed by atoms with Crippen LogP contribution in [0.3, 0.4) is 0 Å². The zero-order valence-electron chi connectivity index (χ0n) is 11.1. The van der Waals surface area contributed by atoms with Crippen molar-refractivity contribution in [3.05, 3.63) is 29.8 Å². The van der Waals surface area contributed by atoms with Crippen LogP contribution in [0.1, 0.15) is 31.2 Å². The van der Waals surface area contributed by atoms with Gasteiger partial charge >= 0.3 is 0 Å². The molecule has 1 aliphatic rings. The fourth-order valence-corrected chi connectivity index (χ4v) is 3.78. The second-order valence-electron chi connectivity index (χ2n) is 5.18. The van der Waals surface area contributed by atoms with Gasteiger partial charge in [0, 0.05) is 23.5 Å². The highest BCUT2D eigenvalue weighted by Crippen LogP contribution is 2.26. The third kappa shape index (κ3) is 3.74. The number of sulfone groups is 1. The summed E-state index contributed by atoms with van der Waals surface area (Å²) in [5.41, 5.74) is 1.80. The van der Waals surface area contributed by atoms with E-state index in [4.69, 9.17) is 6.42 Å². The zero-order chi connectivity index (χ0) is 13.9. The summed E-state index contributed by atoms with van der Waals surface area (Å²) < 4.78 is 23.3. The average Bonchev–Trinajstić information content (AvgIpc) is 2.38. The van der Waals surface area contributed by atoms with Crippen molar-refractivity contribution in [1.82, 2.24) is 0 Å². The molecular weight excluding hydrogens is 258 g/mol. The lowest BCUT2D eigenvalue weighted by Gasteiger charge is -2.29. The molecule has 1 aromatic carbocycles. The van der Waals surface area contributed by atoms with Crippen LogP contribution in [-0.2, 0) is 9.84 Å². The monoisotopic (exact) mass is 277 g/mol. The summed E-state index contributed by atoms with van der Waals surface area (Å²) in [6.07, 6.45) is 10.1. The van der Waals surface area contributed by atoms with Crippen LogP contribution in [0, 0.1) is 12.3 Å². The number of hydrogen-bond acceptors (Lipinski definition) is 3. The summed E-state index contributed by atoms with van der Waals surface area (Å²) in [5.74, 6) is 2.60. The van der Waals surface area contributed by atoms with Gasteiger partial charge in [-0.1, -0.05) is 18.4 Å². The molecule has 19 heavy (non-hydrogen) atoms. The van der Waals surface area contributed by atoms with Crippen molar-refractivity contribution in [2.45, 2.75) is 37.0 Å². The van der Waals surface area contributed by atoms with E-state index in [1.165, 1.54) is 6.26 Å². The molecule has 2 atom stereocenters. The Balaban J connectivity index is 2.05. The van der Waals surface area contributed by atoms with Crippen LogP contribution in [0.2, 0.25) is 0 Å². The van der Waals surface area contributed by atoms with E-state index >= 15 is 0 Å². The third-order valence-corrected chi connectivity index (χ3v) is 5.27. The van der Waals surface area contributed by atoms with Crippen LogP contribution in [0.15, 0.2) is 24.3 Å². The molecule has 0 bridgehead atoms. The molecule has 1 aliphatic carbocycles. The molecule has 2 unspecified atom stereocenters. The van der Waals surface area contributed by atoms with Gasteiger partial charge in [0.1, 0.15) is 9.84 Å². The van der Waals surface area contributed by atoms with Gasteiger partial charge in [0.25, 0.3) is 0 Å².